The molecule has 1 fully saturated rings. The lowest BCUT2D eigenvalue weighted by atomic mass is 9.80. The average molecular weight is 349 g/mol. The summed E-state index contributed by atoms with van der Waals surface area (Å²) in [6, 6.07) is 2.28. The second kappa shape index (κ2) is 6.96. The molecule has 0 saturated heterocycles. The predicted molar refractivity (Wildman–Crippen MR) is 81.4 cm³/mol. The lowest BCUT2D eigenvalue weighted by Crippen LogP contribution is -2.61. The van der Waals surface area contributed by atoms with E-state index in [9.17, 15) is 23.1 Å². The monoisotopic (exact) mass is 349 g/mol. The van der Waals surface area contributed by atoms with E-state index in [1.165, 1.54) is 24.0 Å². The summed E-state index contributed by atoms with van der Waals surface area (Å²) in [7, 11) is 0. The van der Waals surface area contributed by atoms with E-state index in [0.717, 1.165) is 4.90 Å². The van der Waals surface area contributed by atoms with E-state index in [-0.39, 0.29) is 31.5 Å². The van der Waals surface area contributed by atoms with Crippen LogP contribution in [-0.4, -0.2) is 40.2 Å². The van der Waals surface area contributed by atoms with Gasteiger partial charge in [-0.3, -0.25) is 5.32 Å². The first-order valence-electron chi connectivity index (χ1n) is 7.10. The van der Waals surface area contributed by atoms with Gasteiger partial charge in [0.15, 0.2) is 0 Å². The Kier molecular flexibility index (Phi) is 5.41. The second-order valence-corrected chi connectivity index (χ2v) is 6.35. The van der Waals surface area contributed by atoms with Gasteiger partial charge in [0.1, 0.15) is 11.4 Å². The van der Waals surface area contributed by atoms with Gasteiger partial charge in [0.2, 0.25) is 0 Å². The third-order valence-corrected chi connectivity index (χ3v) is 4.63. The van der Waals surface area contributed by atoms with Gasteiger partial charge in [-0.25, -0.2) is 9.78 Å². The van der Waals surface area contributed by atoms with E-state index in [1.54, 1.807) is 6.07 Å². The number of rotatable bonds is 3. The van der Waals surface area contributed by atoms with Gasteiger partial charge in [-0.15, -0.1) is 11.8 Å². The Morgan fingerprint density at radius 3 is 2.52 bits per heavy atom. The highest BCUT2D eigenvalue weighted by molar-refractivity contribution is 7.98. The number of alkyl halides is 3. The molecular formula is C14H18F3N3O2S. The number of hydrogen-bond acceptors (Lipinski definition) is 4. The number of carbonyl (C=O) groups excluding carboxylic acids is 1. The van der Waals surface area contributed by atoms with Crippen LogP contribution in [0.1, 0.15) is 25.7 Å². The average Bonchev–Trinajstić information content (AvgIpc) is 2.49. The van der Waals surface area contributed by atoms with Crippen LogP contribution in [0, 0.1) is 0 Å². The van der Waals surface area contributed by atoms with Crippen LogP contribution in [0.5, 0.6) is 0 Å². The molecule has 9 heteroatoms. The van der Waals surface area contributed by atoms with Crippen molar-refractivity contribution in [2.75, 3.05) is 11.6 Å². The molecule has 2 amide bonds. The van der Waals surface area contributed by atoms with Crippen molar-refractivity contribution in [1.82, 2.24) is 10.3 Å². The summed E-state index contributed by atoms with van der Waals surface area (Å²) in [6.07, 6.45) is -2.63. The van der Waals surface area contributed by atoms with Crippen LogP contribution in [0.25, 0.3) is 0 Å². The zero-order valence-electron chi connectivity index (χ0n) is 12.5. The Morgan fingerprint density at radius 1 is 1.39 bits per heavy atom. The van der Waals surface area contributed by atoms with Crippen LogP contribution in [0.15, 0.2) is 23.2 Å². The van der Waals surface area contributed by atoms with Gasteiger partial charge in [-0.2, -0.15) is 13.2 Å². The van der Waals surface area contributed by atoms with Crippen molar-refractivity contribution in [3.63, 3.8) is 0 Å². The highest BCUT2D eigenvalue weighted by Gasteiger charge is 2.56. The first-order valence-corrected chi connectivity index (χ1v) is 8.32. The van der Waals surface area contributed by atoms with Crippen LogP contribution >= 0.6 is 11.8 Å². The highest BCUT2D eigenvalue weighted by atomic mass is 32.2. The number of aliphatic hydroxyl groups is 1. The van der Waals surface area contributed by atoms with Crippen molar-refractivity contribution < 1.29 is 23.1 Å². The molecule has 2 rings (SSSR count). The maximum atomic E-state index is 13.4. The molecular weight excluding hydrogens is 331 g/mol. The van der Waals surface area contributed by atoms with Crippen molar-refractivity contribution in [3.05, 3.63) is 18.3 Å². The number of aliphatic hydroxyl groups excluding tert-OH is 1. The summed E-state index contributed by atoms with van der Waals surface area (Å²) in [6.45, 7) is 0. The van der Waals surface area contributed by atoms with Crippen molar-refractivity contribution in [1.29, 1.82) is 0 Å². The number of carbonyl (C=O) groups is 1. The quantitative estimate of drug-likeness (QED) is 0.733. The maximum absolute atomic E-state index is 13.4. The molecule has 3 N–H and O–H groups in total. The number of urea groups is 1. The molecule has 0 unspecified atom stereocenters. The summed E-state index contributed by atoms with van der Waals surface area (Å²) < 4.78 is 40.1. The molecule has 1 heterocycles. The van der Waals surface area contributed by atoms with E-state index < -0.39 is 23.9 Å². The zero-order valence-corrected chi connectivity index (χ0v) is 13.3. The van der Waals surface area contributed by atoms with Gasteiger partial charge in [0, 0.05) is 11.1 Å². The molecule has 0 bridgehead atoms. The van der Waals surface area contributed by atoms with Crippen LogP contribution in [0.4, 0.5) is 23.8 Å². The minimum atomic E-state index is -4.58. The molecule has 1 saturated carbocycles. The molecule has 0 spiro atoms. The van der Waals surface area contributed by atoms with Gasteiger partial charge in [-0.05, 0) is 44.1 Å². The lowest BCUT2D eigenvalue weighted by molar-refractivity contribution is -0.205. The van der Waals surface area contributed by atoms with Crippen molar-refractivity contribution >= 4 is 23.6 Å². The standard InChI is InChI=1S/C14H18F3N3O2S/c1-23-10-2-3-11(18-8-10)19-12(22)20-13(14(15,16)17)6-4-9(21)5-7-13/h2-3,8-9,21H,4-7H2,1H3,(H2,18,19,20,22). The normalized spacial score (nSPS) is 25.0. The molecule has 23 heavy (non-hydrogen) atoms. The summed E-state index contributed by atoms with van der Waals surface area (Å²) in [5.41, 5.74) is -2.31. The minimum Gasteiger partial charge on any atom is -0.393 e. The third kappa shape index (κ3) is 4.29. The van der Waals surface area contributed by atoms with Crippen molar-refractivity contribution in [2.24, 2.45) is 0 Å². The summed E-state index contributed by atoms with van der Waals surface area (Å²) in [4.78, 5) is 16.8. The van der Waals surface area contributed by atoms with Crippen molar-refractivity contribution in [3.8, 4) is 0 Å². The maximum Gasteiger partial charge on any atom is 0.411 e. The van der Waals surface area contributed by atoms with Crippen LogP contribution in [0.2, 0.25) is 0 Å². The number of pyridine rings is 1. The Bertz CT molecular complexity index is 543. The number of amides is 2. The molecule has 1 aromatic heterocycles. The summed E-state index contributed by atoms with van der Waals surface area (Å²) in [5.74, 6) is 0.175. The number of halogens is 3. The van der Waals surface area contributed by atoms with E-state index >= 15 is 0 Å². The van der Waals surface area contributed by atoms with Crippen molar-refractivity contribution in [2.45, 2.75) is 48.4 Å². The van der Waals surface area contributed by atoms with E-state index in [0.29, 0.717) is 0 Å². The number of nitrogens with zero attached hydrogens (tertiary/aromatic N) is 1. The third-order valence-electron chi connectivity index (χ3n) is 3.92. The number of anilines is 1. The number of nitrogens with one attached hydrogen (secondary N) is 2. The van der Waals surface area contributed by atoms with E-state index in [4.69, 9.17) is 0 Å². The topological polar surface area (TPSA) is 74.2 Å². The van der Waals surface area contributed by atoms with Crippen LogP contribution in [-0.2, 0) is 0 Å². The smallest absolute Gasteiger partial charge is 0.393 e. The molecule has 1 aliphatic carbocycles. The fraction of sp³-hybridized carbons (Fsp3) is 0.571. The minimum absolute atomic E-state index is 0.000456. The Morgan fingerprint density at radius 2 is 2.04 bits per heavy atom. The van der Waals surface area contributed by atoms with E-state index in [2.05, 4.69) is 10.3 Å². The predicted octanol–water partition coefficient (Wildman–Crippen LogP) is 3.16. The van der Waals surface area contributed by atoms with Crippen LogP contribution in [0.3, 0.4) is 0 Å². The number of aromatic nitrogens is 1. The van der Waals surface area contributed by atoms with Gasteiger partial charge in [0.05, 0.1) is 6.10 Å². The fourth-order valence-electron chi connectivity index (χ4n) is 2.51. The molecule has 0 aromatic carbocycles. The molecule has 1 aromatic rings. The second-order valence-electron chi connectivity index (χ2n) is 5.47. The Hall–Kier alpha value is -1.48. The van der Waals surface area contributed by atoms with Crippen LogP contribution < -0.4 is 10.6 Å². The van der Waals surface area contributed by atoms with E-state index in [1.807, 2.05) is 11.6 Å². The number of thioether (sulfide) groups is 1. The van der Waals surface area contributed by atoms with Gasteiger partial charge < -0.3 is 10.4 Å². The summed E-state index contributed by atoms with van der Waals surface area (Å²) in [5, 5.41) is 13.8. The van der Waals surface area contributed by atoms with Gasteiger partial charge >= 0.3 is 12.2 Å². The summed E-state index contributed by atoms with van der Waals surface area (Å²) >= 11 is 1.46. The lowest BCUT2D eigenvalue weighted by Gasteiger charge is -2.40. The SMILES string of the molecule is CSc1ccc(NC(=O)NC2(C(F)(F)F)CCC(O)CC2)nc1. The Labute approximate surface area is 136 Å². The fourth-order valence-corrected chi connectivity index (χ4v) is 2.88. The highest BCUT2D eigenvalue weighted by Crippen LogP contribution is 2.41. The molecule has 128 valence electrons. The molecule has 0 aliphatic heterocycles. The molecule has 1 aliphatic rings. The van der Waals surface area contributed by atoms with Gasteiger partial charge in [-0.1, -0.05) is 0 Å². The number of hydrogen-bond donors (Lipinski definition) is 3. The first-order chi connectivity index (χ1) is 10.8. The molecule has 5 nitrogen and oxygen atoms in total. The zero-order chi connectivity index (χ0) is 17.1. The first kappa shape index (κ1) is 17.9. The largest absolute Gasteiger partial charge is 0.411 e. The molecule has 0 atom stereocenters. The molecule has 0 radical (unpaired) electrons. The Balaban J connectivity index is 2.05. The van der Waals surface area contributed by atoms with Gasteiger partial charge in [0.25, 0.3) is 0 Å².